The molecule has 0 saturated carbocycles. The fourth-order valence-electron chi connectivity index (χ4n) is 3.61. The van der Waals surface area contributed by atoms with Crippen LogP contribution < -0.4 is 0 Å². The van der Waals surface area contributed by atoms with Crippen LogP contribution in [0.1, 0.15) is 131 Å². The molecule has 176 valence electrons. The normalized spacial score (nSPS) is 16.3. The van der Waals surface area contributed by atoms with Crippen molar-refractivity contribution in [2.75, 3.05) is 0 Å². The molecule has 0 aliphatic rings. The van der Waals surface area contributed by atoms with Crippen LogP contribution in [0.3, 0.4) is 0 Å². The van der Waals surface area contributed by atoms with Crippen LogP contribution >= 0.6 is 17.1 Å². The second-order valence-corrected chi connectivity index (χ2v) is 15.9. The van der Waals surface area contributed by atoms with Gasteiger partial charge in [-0.05, 0) is 49.3 Å². The van der Waals surface area contributed by atoms with Gasteiger partial charge in [0.1, 0.15) is 0 Å². The largest absolute Gasteiger partial charge is 0.337 e. The second kappa shape index (κ2) is 18.5. The molecule has 0 spiro atoms. The minimum absolute atomic E-state index is 0.137. The van der Waals surface area contributed by atoms with Gasteiger partial charge in [-0.25, -0.2) is 0 Å². The number of hydrogen-bond acceptors (Lipinski definition) is 3. The molecule has 1 N–H and O–H groups in total. The minimum atomic E-state index is -2.77. The molecule has 0 rings (SSSR count). The van der Waals surface area contributed by atoms with E-state index < -0.39 is 5.69 Å². The third-order valence-electron chi connectivity index (χ3n) is 5.44. The molecule has 3 atom stereocenters. The summed E-state index contributed by atoms with van der Waals surface area (Å²) in [5.74, 6) is 1.54. The molecular formula is C24H51O2PS2. The van der Waals surface area contributed by atoms with Crippen LogP contribution in [0.15, 0.2) is 0 Å². The highest BCUT2D eigenvalue weighted by molar-refractivity contribution is 8.67. The quantitative estimate of drug-likeness (QED) is 0.143. The molecule has 5 heteroatoms. The third kappa shape index (κ3) is 19.3. The first-order valence-electron chi connectivity index (χ1n) is 12.4. The van der Waals surface area contributed by atoms with Gasteiger partial charge in [0, 0.05) is 5.25 Å². The lowest BCUT2D eigenvalue weighted by atomic mass is 10.0. The maximum atomic E-state index is 11.0. The summed E-state index contributed by atoms with van der Waals surface area (Å²) in [7, 11) is 0. The Bertz CT molecular complexity index is 382. The lowest BCUT2D eigenvalue weighted by Gasteiger charge is -2.27. The van der Waals surface area contributed by atoms with Crippen LogP contribution in [0, 0.1) is 11.8 Å². The van der Waals surface area contributed by atoms with E-state index in [0.29, 0.717) is 5.25 Å². The SMILES string of the molecule is CCCCC(CCCCC(C)C)OP(O)(=S)SC(CCCC)CCCCC(C)C. The first-order valence-corrected chi connectivity index (χ1v) is 16.5. The standard InChI is InChI=1S/C24H51O2PS2/c1-7-9-17-23(18-13-11-15-21(3)4)26-27(25,28)29-24(19-10-8-2)20-14-12-16-22(5)6/h21-24H,7-20H2,1-6H3,(H,25,28). The average Bonchev–Trinajstić information content (AvgIpc) is 2.63. The van der Waals surface area contributed by atoms with Crippen molar-refractivity contribution in [3.63, 3.8) is 0 Å². The summed E-state index contributed by atoms with van der Waals surface area (Å²) < 4.78 is 6.25. The Labute approximate surface area is 192 Å². The summed E-state index contributed by atoms with van der Waals surface area (Å²) in [6.07, 6.45) is 16.8. The Morgan fingerprint density at radius 1 is 0.724 bits per heavy atom. The van der Waals surface area contributed by atoms with Crippen molar-refractivity contribution in [2.24, 2.45) is 11.8 Å². The Kier molecular flexibility index (Phi) is 19.1. The van der Waals surface area contributed by atoms with Gasteiger partial charge in [-0.2, -0.15) is 0 Å². The molecular weight excluding hydrogens is 415 g/mol. The highest BCUT2D eigenvalue weighted by Gasteiger charge is 2.25. The first kappa shape index (κ1) is 29.9. The van der Waals surface area contributed by atoms with Gasteiger partial charge in [0.05, 0.1) is 6.10 Å². The zero-order chi connectivity index (χ0) is 22.1. The molecule has 0 aromatic heterocycles. The average molecular weight is 467 g/mol. The van der Waals surface area contributed by atoms with Crippen molar-refractivity contribution in [3.05, 3.63) is 0 Å². The predicted octanol–water partition coefficient (Wildman–Crippen LogP) is 9.50. The van der Waals surface area contributed by atoms with E-state index in [9.17, 15) is 4.89 Å². The lowest BCUT2D eigenvalue weighted by Crippen LogP contribution is -2.12. The van der Waals surface area contributed by atoms with Gasteiger partial charge >= 0.3 is 0 Å². The van der Waals surface area contributed by atoms with Crippen molar-refractivity contribution in [1.82, 2.24) is 0 Å². The Hall–Kier alpha value is 0.920. The second-order valence-electron chi connectivity index (χ2n) is 9.56. The molecule has 2 nitrogen and oxygen atoms in total. The monoisotopic (exact) mass is 466 g/mol. The summed E-state index contributed by atoms with van der Waals surface area (Å²) >= 11 is 7.26. The Morgan fingerprint density at radius 3 is 1.66 bits per heavy atom. The van der Waals surface area contributed by atoms with E-state index in [2.05, 4.69) is 41.5 Å². The van der Waals surface area contributed by atoms with Crippen molar-refractivity contribution in [3.8, 4) is 0 Å². The fourth-order valence-corrected chi connectivity index (χ4v) is 8.91. The summed E-state index contributed by atoms with van der Waals surface area (Å²) in [5, 5.41) is 0.450. The number of rotatable bonds is 20. The van der Waals surface area contributed by atoms with Gasteiger partial charge in [0.25, 0.3) is 0 Å². The van der Waals surface area contributed by atoms with Crippen LogP contribution in [-0.2, 0) is 16.3 Å². The Morgan fingerprint density at radius 2 is 1.14 bits per heavy atom. The molecule has 0 fully saturated rings. The van der Waals surface area contributed by atoms with E-state index in [1.165, 1.54) is 57.8 Å². The van der Waals surface area contributed by atoms with Crippen molar-refractivity contribution in [1.29, 1.82) is 0 Å². The zero-order valence-corrected chi connectivity index (χ0v) is 22.9. The maximum absolute atomic E-state index is 11.0. The molecule has 0 heterocycles. The molecule has 0 aliphatic carbocycles. The van der Waals surface area contributed by atoms with E-state index >= 15 is 0 Å². The molecule has 0 saturated heterocycles. The summed E-state index contributed by atoms with van der Waals surface area (Å²) in [6.45, 7) is 13.6. The fraction of sp³-hybridized carbons (Fsp3) is 1.00. The predicted molar refractivity (Wildman–Crippen MR) is 138 cm³/mol. The lowest BCUT2D eigenvalue weighted by molar-refractivity contribution is 0.179. The molecule has 3 unspecified atom stereocenters. The third-order valence-corrected chi connectivity index (χ3v) is 10.0. The number of hydrogen-bond donors (Lipinski definition) is 1. The van der Waals surface area contributed by atoms with Crippen molar-refractivity contribution < 1.29 is 9.42 Å². The molecule has 0 bridgehead atoms. The molecule has 0 aromatic carbocycles. The maximum Gasteiger partial charge on any atom is 0.245 e. The van der Waals surface area contributed by atoms with Crippen LogP contribution in [0.5, 0.6) is 0 Å². The van der Waals surface area contributed by atoms with Gasteiger partial charge in [0.15, 0.2) is 0 Å². The van der Waals surface area contributed by atoms with Gasteiger partial charge in [-0.1, -0.05) is 117 Å². The van der Waals surface area contributed by atoms with Crippen molar-refractivity contribution >= 4 is 28.9 Å². The highest BCUT2D eigenvalue weighted by Crippen LogP contribution is 2.60. The van der Waals surface area contributed by atoms with E-state index in [1.54, 1.807) is 11.4 Å². The van der Waals surface area contributed by atoms with Crippen LogP contribution in [0.4, 0.5) is 0 Å². The van der Waals surface area contributed by atoms with Gasteiger partial charge in [0.2, 0.25) is 5.69 Å². The van der Waals surface area contributed by atoms with E-state index in [0.717, 1.165) is 43.9 Å². The first-order chi connectivity index (χ1) is 13.7. The van der Waals surface area contributed by atoms with Gasteiger partial charge < -0.3 is 9.42 Å². The van der Waals surface area contributed by atoms with E-state index in [4.69, 9.17) is 16.3 Å². The van der Waals surface area contributed by atoms with Crippen LogP contribution in [0.2, 0.25) is 0 Å². The summed E-state index contributed by atoms with van der Waals surface area (Å²) in [4.78, 5) is 11.0. The smallest absolute Gasteiger partial charge is 0.245 e. The van der Waals surface area contributed by atoms with Crippen LogP contribution in [0.25, 0.3) is 0 Å². The van der Waals surface area contributed by atoms with Gasteiger partial charge in [-0.3, -0.25) is 0 Å². The number of unbranched alkanes of at least 4 members (excludes halogenated alkanes) is 4. The van der Waals surface area contributed by atoms with E-state index in [-0.39, 0.29) is 6.10 Å². The molecule has 0 amide bonds. The van der Waals surface area contributed by atoms with E-state index in [1.807, 2.05) is 0 Å². The summed E-state index contributed by atoms with van der Waals surface area (Å²) in [6, 6.07) is 0. The summed E-state index contributed by atoms with van der Waals surface area (Å²) in [5.41, 5.74) is -2.77. The van der Waals surface area contributed by atoms with Crippen molar-refractivity contribution in [2.45, 2.75) is 143 Å². The Balaban J connectivity index is 4.65. The molecule has 0 aromatic rings. The topological polar surface area (TPSA) is 29.5 Å². The molecule has 0 radical (unpaired) electrons. The van der Waals surface area contributed by atoms with Gasteiger partial charge in [-0.15, -0.1) is 0 Å². The zero-order valence-electron chi connectivity index (χ0n) is 20.3. The minimum Gasteiger partial charge on any atom is -0.337 e. The highest BCUT2D eigenvalue weighted by atomic mass is 32.9. The molecule has 29 heavy (non-hydrogen) atoms. The van der Waals surface area contributed by atoms with Crippen LogP contribution in [-0.4, -0.2) is 16.2 Å². The molecule has 0 aliphatic heterocycles.